The van der Waals surface area contributed by atoms with Crippen molar-refractivity contribution in [3.05, 3.63) is 29.8 Å². The Labute approximate surface area is 124 Å². The number of thioether (sulfide) groups is 1. The van der Waals surface area contributed by atoms with Gasteiger partial charge in [0.05, 0.1) is 5.92 Å². The van der Waals surface area contributed by atoms with Crippen molar-refractivity contribution < 1.29 is 14.7 Å². The minimum Gasteiger partial charge on any atom is -0.481 e. The highest BCUT2D eigenvalue weighted by Crippen LogP contribution is 2.13. The maximum absolute atomic E-state index is 11.7. The van der Waals surface area contributed by atoms with Crippen LogP contribution in [0.15, 0.2) is 24.3 Å². The van der Waals surface area contributed by atoms with Crippen molar-refractivity contribution in [1.82, 2.24) is 0 Å². The molecule has 0 heterocycles. The van der Waals surface area contributed by atoms with Gasteiger partial charge in [-0.3, -0.25) is 9.59 Å². The van der Waals surface area contributed by atoms with Crippen molar-refractivity contribution >= 4 is 29.3 Å². The number of aliphatic carboxylic acids is 1. The summed E-state index contributed by atoms with van der Waals surface area (Å²) in [5.74, 6) is 0.298. The molecule has 1 atom stereocenters. The molecule has 20 heavy (non-hydrogen) atoms. The second-order valence-electron chi connectivity index (χ2n) is 4.84. The van der Waals surface area contributed by atoms with Crippen molar-refractivity contribution in [2.45, 2.75) is 26.7 Å². The SMILES string of the molecule is Cc1cccc(NC(=O)CCCSCC(C)C(=O)O)c1. The smallest absolute Gasteiger partial charge is 0.307 e. The van der Waals surface area contributed by atoms with Gasteiger partial charge in [-0.15, -0.1) is 0 Å². The molecule has 1 amide bonds. The first kappa shape index (κ1) is 16.6. The first-order valence-electron chi connectivity index (χ1n) is 6.66. The predicted octanol–water partition coefficient (Wildman–Crippen LogP) is 3.17. The fraction of sp³-hybridized carbons (Fsp3) is 0.467. The van der Waals surface area contributed by atoms with E-state index in [4.69, 9.17) is 5.11 Å². The third-order valence-corrected chi connectivity index (χ3v) is 4.10. The number of aryl methyl sites for hydroxylation is 1. The van der Waals surface area contributed by atoms with Crippen LogP contribution in [0.5, 0.6) is 0 Å². The predicted molar refractivity (Wildman–Crippen MR) is 83.2 cm³/mol. The zero-order chi connectivity index (χ0) is 15.0. The molecular formula is C15H21NO3S. The van der Waals surface area contributed by atoms with Gasteiger partial charge in [0, 0.05) is 17.9 Å². The molecule has 2 N–H and O–H groups in total. The first-order valence-corrected chi connectivity index (χ1v) is 7.81. The average molecular weight is 295 g/mol. The number of nitrogens with one attached hydrogen (secondary N) is 1. The minimum absolute atomic E-state index is 0.00230. The lowest BCUT2D eigenvalue weighted by molar-refractivity contribution is -0.140. The third-order valence-electron chi connectivity index (χ3n) is 2.78. The van der Waals surface area contributed by atoms with Gasteiger partial charge >= 0.3 is 5.97 Å². The summed E-state index contributed by atoms with van der Waals surface area (Å²) in [5, 5.41) is 11.6. The second kappa shape index (κ2) is 8.64. The highest BCUT2D eigenvalue weighted by atomic mass is 32.2. The van der Waals surface area contributed by atoms with Gasteiger partial charge in [-0.1, -0.05) is 19.1 Å². The van der Waals surface area contributed by atoms with Crippen LogP contribution in [0.25, 0.3) is 0 Å². The van der Waals surface area contributed by atoms with Crippen molar-refractivity contribution in [3.63, 3.8) is 0 Å². The van der Waals surface area contributed by atoms with E-state index < -0.39 is 5.97 Å². The molecule has 0 saturated carbocycles. The van der Waals surface area contributed by atoms with Crippen LogP contribution in [0.1, 0.15) is 25.3 Å². The Morgan fingerprint density at radius 1 is 1.40 bits per heavy atom. The maximum Gasteiger partial charge on any atom is 0.307 e. The first-order chi connectivity index (χ1) is 9.49. The Hall–Kier alpha value is -1.49. The van der Waals surface area contributed by atoms with E-state index >= 15 is 0 Å². The van der Waals surface area contributed by atoms with Crippen molar-refractivity contribution in [2.24, 2.45) is 5.92 Å². The van der Waals surface area contributed by atoms with Gasteiger partial charge in [0.25, 0.3) is 0 Å². The summed E-state index contributed by atoms with van der Waals surface area (Å²) in [4.78, 5) is 22.3. The summed E-state index contributed by atoms with van der Waals surface area (Å²) < 4.78 is 0. The van der Waals surface area contributed by atoms with Crippen molar-refractivity contribution in [2.75, 3.05) is 16.8 Å². The second-order valence-corrected chi connectivity index (χ2v) is 5.99. The topological polar surface area (TPSA) is 66.4 Å². The molecule has 0 aliphatic carbocycles. The standard InChI is InChI=1S/C15H21NO3S/c1-11-5-3-6-13(9-11)16-14(17)7-4-8-20-10-12(2)15(18)19/h3,5-6,9,12H,4,7-8,10H2,1-2H3,(H,16,17)(H,18,19). The van der Waals surface area contributed by atoms with Gasteiger partial charge in [0.2, 0.25) is 5.91 Å². The molecule has 5 heteroatoms. The average Bonchev–Trinajstić information content (AvgIpc) is 2.37. The fourth-order valence-electron chi connectivity index (χ4n) is 1.61. The molecule has 0 radical (unpaired) electrons. The summed E-state index contributed by atoms with van der Waals surface area (Å²) in [6.45, 7) is 3.68. The highest BCUT2D eigenvalue weighted by Gasteiger charge is 2.10. The molecule has 0 bridgehead atoms. The van der Waals surface area contributed by atoms with Crippen LogP contribution in [-0.2, 0) is 9.59 Å². The molecule has 1 aromatic rings. The Bertz CT molecular complexity index is 462. The van der Waals surface area contributed by atoms with E-state index in [1.165, 1.54) is 0 Å². The number of carboxylic acids is 1. The molecule has 1 unspecified atom stereocenters. The normalized spacial score (nSPS) is 11.9. The number of carboxylic acid groups (broad SMARTS) is 1. The van der Waals surface area contributed by atoms with E-state index in [9.17, 15) is 9.59 Å². The highest BCUT2D eigenvalue weighted by molar-refractivity contribution is 7.99. The summed E-state index contributed by atoms with van der Waals surface area (Å²) in [6.07, 6.45) is 1.22. The molecule has 0 aromatic heterocycles. The van der Waals surface area contributed by atoms with Crippen LogP contribution < -0.4 is 5.32 Å². The number of hydrogen-bond acceptors (Lipinski definition) is 3. The Balaban J connectivity index is 2.16. The molecule has 110 valence electrons. The number of amides is 1. The van der Waals surface area contributed by atoms with Gasteiger partial charge in [-0.25, -0.2) is 0 Å². The largest absolute Gasteiger partial charge is 0.481 e. The van der Waals surface area contributed by atoms with Gasteiger partial charge in [-0.05, 0) is 36.8 Å². The number of benzene rings is 1. The van der Waals surface area contributed by atoms with E-state index in [-0.39, 0.29) is 11.8 Å². The van der Waals surface area contributed by atoms with Gasteiger partial charge < -0.3 is 10.4 Å². The molecule has 0 fully saturated rings. The quantitative estimate of drug-likeness (QED) is 0.723. The number of carbonyl (C=O) groups is 2. The summed E-state index contributed by atoms with van der Waals surface area (Å²) >= 11 is 1.58. The van der Waals surface area contributed by atoms with Crippen molar-refractivity contribution in [3.8, 4) is 0 Å². The molecule has 0 aliphatic rings. The number of carbonyl (C=O) groups excluding carboxylic acids is 1. The lowest BCUT2D eigenvalue weighted by Gasteiger charge is -2.07. The van der Waals surface area contributed by atoms with E-state index in [1.54, 1.807) is 18.7 Å². The van der Waals surface area contributed by atoms with E-state index in [0.717, 1.165) is 23.4 Å². The molecule has 1 rings (SSSR count). The van der Waals surface area contributed by atoms with Crippen LogP contribution in [0, 0.1) is 12.8 Å². The fourth-order valence-corrected chi connectivity index (χ4v) is 2.62. The maximum atomic E-state index is 11.7. The Morgan fingerprint density at radius 2 is 2.15 bits per heavy atom. The number of rotatable bonds is 8. The number of hydrogen-bond donors (Lipinski definition) is 2. The molecule has 0 saturated heterocycles. The Kier molecular flexibility index (Phi) is 7.15. The summed E-state index contributed by atoms with van der Waals surface area (Å²) in [6, 6.07) is 7.69. The monoisotopic (exact) mass is 295 g/mol. The van der Waals surface area contributed by atoms with E-state index in [1.807, 2.05) is 31.2 Å². The zero-order valence-corrected chi connectivity index (χ0v) is 12.7. The van der Waals surface area contributed by atoms with Crippen LogP contribution in [-0.4, -0.2) is 28.5 Å². The van der Waals surface area contributed by atoms with Crippen LogP contribution >= 0.6 is 11.8 Å². The lowest BCUT2D eigenvalue weighted by Crippen LogP contribution is -2.13. The minimum atomic E-state index is -0.769. The lowest BCUT2D eigenvalue weighted by atomic mass is 10.2. The van der Waals surface area contributed by atoms with Crippen molar-refractivity contribution in [1.29, 1.82) is 0 Å². The number of anilines is 1. The molecule has 1 aromatic carbocycles. The van der Waals surface area contributed by atoms with Gasteiger partial charge in [0.15, 0.2) is 0 Å². The zero-order valence-electron chi connectivity index (χ0n) is 11.9. The summed E-state index contributed by atoms with van der Waals surface area (Å²) in [5.41, 5.74) is 1.93. The third kappa shape index (κ3) is 6.61. The Morgan fingerprint density at radius 3 is 2.80 bits per heavy atom. The van der Waals surface area contributed by atoms with Gasteiger partial charge in [-0.2, -0.15) is 11.8 Å². The van der Waals surface area contributed by atoms with E-state index in [2.05, 4.69) is 5.32 Å². The molecule has 4 nitrogen and oxygen atoms in total. The molecular weight excluding hydrogens is 274 g/mol. The van der Waals surface area contributed by atoms with Crippen LogP contribution in [0.3, 0.4) is 0 Å². The molecule has 0 aliphatic heterocycles. The van der Waals surface area contributed by atoms with E-state index in [0.29, 0.717) is 12.2 Å². The molecule has 0 spiro atoms. The summed E-state index contributed by atoms with van der Waals surface area (Å²) in [7, 11) is 0. The van der Waals surface area contributed by atoms with Gasteiger partial charge in [0.1, 0.15) is 0 Å². The van der Waals surface area contributed by atoms with Crippen LogP contribution in [0.2, 0.25) is 0 Å². The van der Waals surface area contributed by atoms with Crippen LogP contribution in [0.4, 0.5) is 5.69 Å².